The molecule has 13 heteroatoms. The summed E-state index contributed by atoms with van der Waals surface area (Å²) >= 11 is 0. The Morgan fingerprint density at radius 2 is 1.30 bits per heavy atom. The lowest BCUT2D eigenvalue weighted by Gasteiger charge is -2.13. The van der Waals surface area contributed by atoms with Gasteiger partial charge in [0.1, 0.15) is 13.2 Å². The molecule has 0 aliphatic heterocycles. The molecule has 0 aliphatic rings. The second kappa shape index (κ2) is 21.2. The second-order valence-electron chi connectivity index (χ2n) is 6.42. The van der Waals surface area contributed by atoms with Crippen LogP contribution in [-0.2, 0) is 47.8 Å². The van der Waals surface area contributed by atoms with Crippen molar-refractivity contribution in [1.82, 2.24) is 15.7 Å². The van der Waals surface area contributed by atoms with Crippen LogP contribution in [-0.4, -0.2) is 101 Å². The lowest BCUT2D eigenvalue weighted by molar-refractivity contribution is -0.199. The third kappa shape index (κ3) is 18.6. The monoisotopic (exact) mass is 477 g/mol. The van der Waals surface area contributed by atoms with Gasteiger partial charge in [0, 0.05) is 25.9 Å². The van der Waals surface area contributed by atoms with Crippen molar-refractivity contribution in [3.05, 3.63) is 0 Å². The Bertz CT molecular complexity index is 588. The van der Waals surface area contributed by atoms with E-state index in [4.69, 9.17) is 18.9 Å². The molecule has 0 bridgehead atoms. The Balaban J connectivity index is 3.51. The molecule has 0 spiro atoms. The highest BCUT2D eigenvalue weighted by molar-refractivity contribution is 5.86. The number of hydrogen-bond donors (Lipinski definition) is 2. The molecule has 0 fully saturated rings. The number of carbonyl (C=O) groups excluding carboxylic acids is 5. The smallest absolute Gasteiger partial charge is 0.358 e. The maximum atomic E-state index is 11.6. The number of ether oxygens (including phenoxy) is 4. The fraction of sp³-hybridized carbons (Fsp3) is 0.750. The van der Waals surface area contributed by atoms with Gasteiger partial charge in [-0.15, -0.1) is 5.06 Å². The molecule has 4 amide bonds. The minimum absolute atomic E-state index is 0.0354. The Labute approximate surface area is 193 Å². The van der Waals surface area contributed by atoms with Crippen molar-refractivity contribution in [2.24, 2.45) is 0 Å². The van der Waals surface area contributed by atoms with Gasteiger partial charge in [0.05, 0.1) is 39.6 Å². The van der Waals surface area contributed by atoms with E-state index in [-0.39, 0.29) is 64.2 Å². The van der Waals surface area contributed by atoms with Crippen LogP contribution in [0.2, 0.25) is 0 Å². The summed E-state index contributed by atoms with van der Waals surface area (Å²) in [5, 5.41) is 5.63. The molecule has 13 nitrogen and oxygen atoms in total. The lowest BCUT2D eigenvalue weighted by atomic mass is 10.3. The Morgan fingerprint density at radius 1 is 0.758 bits per heavy atom. The van der Waals surface area contributed by atoms with Crippen LogP contribution in [0.5, 0.6) is 0 Å². The Hall–Kier alpha value is -2.61. The Kier molecular flexibility index (Phi) is 19.6. The van der Waals surface area contributed by atoms with E-state index < -0.39 is 18.5 Å². The fourth-order valence-electron chi connectivity index (χ4n) is 2.05. The van der Waals surface area contributed by atoms with Crippen molar-refractivity contribution < 1.29 is 47.8 Å². The van der Waals surface area contributed by atoms with E-state index in [1.165, 1.54) is 0 Å². The highest BCUT2D eigenvalue weighted by Gasteiger charge is 2.17. The van der Waals surface area contributed by atoms with Crippen LogP contribution in [0.4, 0.5) is 0 Å². The van der Waals surface area contributed by atoms with Gasteiger partial charge in [0.15, 0.2) is 0 Å². The number of nitrogens with zero attached hydrogens (tertiary/aromatic N) is 1. The van der Waals surface area contributed by atoms with E-state index in [0.29, 0.717) is 37.7 Å². The zero-order valence-electron chi connectivity index (χ0n) is 19.3. The van der Waals surface area contributed by atoms with E-state index >= 15 is 0 Å². The zero-order chi connectivity index (χ0) is 24.7. The van der Waals surface area contributed by atoms with E-state index in [1.54, 1.807) is 13.8 Å². The van der Waals surface area contributed by atoms with Crippen LogP contribution in [0, 0.1) is 0 Å². The van der Waals surface area contributed by atoms with Crippen molar-refractivity contribution in [3.63, 3.8) is 0 Å². The summed E-state index contributed by atoms with van der Waals surface area (Å²) in [7, 11) is 0. The number of imide groups is 1. The minimum Gasteiger partial charge on any atom is -0.377 e. The molecule has 0 heterocycles. The van der Waals surface area contributed by atoms with Crippen molar-refractivity contribution >= 4 is 30.1 Å². The summed E-state index contributed by atoms with van der Waals surface area (Å²) in [6.45, 7) is 5.09. The molecular weight excluding hydrogens is 442 g/mol. The summed E-state index contributed by atoms with van der Waals surface area (Å²) in [4.78, 5) is 60.9. The molecule has 33 heavy (non-hydrogen) atoms. The molecular formula is C20H35N3O10. The van der Waals surface area contributed by atoms with Gasteiger partial charge in [-0.1, -0.05) is 13.8 Å². The standard InChI is InChI=1S/C20H35N3O10/c1-3-5-19(27)23(16-24)33-20(28)15-32-13-11-30-9-7-22-18(26)14-31-12-10-29-8-6-21-17(25)4-2/h16H,3-15H2,1-2H3,(H,21,25)(H,22,26). The van der Waals surface area contributed by atoms with E-state index in [9.17, 15) is 24.0 Å². The normalized spacial score (nSPS) is 10.4. The summed E-state index contributed by atoms with van der Waals surface area (Å²) in [5.41, 5.74) is 0. The summed E-state index contributed by atoms with van der Waals surface area (Å²) in [6.07, 6.45) is 1.15. The maximum absolute atomic E-state index is 11.6. The van der Waals surface area contributed by atoms with E-state index in [2.05, 4.69) is 15.5 Å². The summed E-state index contributed by atoms with van der Waals surface area (Å²) in [5.74, 6) is -1.83. The second-order valence-corrected chi connectivity index (χ2v) is 6.42. The number of nitrogens with one attached hydrogen (secondary N) is 2. The molecule has 0 radical (unpaired) electrons. The molecule has 0 saturated heterocycles. The third-order valence-electron chi connectivity index (χ3n) is 3.66. The van der Waals surface area contributed by atoms with Gasteiger partial charge < -0.3 is 34.4 Å². The van der Waals surface area contributed by atoms with Gasteiger partial charge in [-0.05, 0) is 6.42 Å². The molecule has 0 aliphatic carbocycles. The van der Waals surface area contributed by atoms with Crippen LogP contribution in [0.1, 0.15) is 33.1 Å². The predicted molar refractivity (Wildman–Crippen MR) is 113 cm³/mol. The van der Waals surface area contributed by atoms with Crippen LogP contribution in [0.15, 0.2) is 0 Å². The van der Waals surface area contributed by atoms with Crippen LogP contribution in [0.25, 0.3) is 0 Å². The minimum atomic E-state index is -0.882. The molecule has 0 unspecified atom stereocenters. The van der Waals surface area contributed by atoms with Crippen LogP contribution >= 0.6 is 0 Å². The van der Waals surface area contributed by atoms with Crippen molar-refractivity contribution in [3.8, 4) is 0 Å². The molecule has 0 aromatic heterocycles. The summed E-state index contributed by atoms with van der Waals surface area (Å²) < 4.78 is 20.7. The number of hydroxylamine groups is 2. The number of hydrogen-bond acceptors (Lipinski definition) is 10. The number of carbonyl (C=O) groups is 5. The fourth-order valence-corrected chi connectivity index (χ4v) is 2.05. The number of rotatable bonds is 20. The van der Waals surface area contributed by atoms with Crippen LogP contribution in [0.3, 0.4) is 0 Å². The Morgan fingerprint density at radius 3 is 1.85 bits per heavy atom. The van der Waals surface area contributed by atoms with Crippen molar-refractivity contribution in [2.75, 3.05) is 65.9 Å². The molecule has 0 rings (SSSR count). The molecule has 2 N–H and O–H groups in total. The lowest BCUT2D eigenvalue weighted by Crippen LogP contribution is -2.33. The predicted octanol–water partition coefficient (Wildman–Crippen LogP) is -1.06. The van der Waals surface area contributed by atoms with Crippen molar-refractivity contribution in [2.45, 2.75) is 33.1 Å². The summed E-state index contributed by atoms with van der Waals surface area (Å²) in [6, 6.07) is 0. The third-order valence-corrected chi connectivity index (χ3v) is 3.66. The topological polar surface area (TPSA) is 159 Å². The first-order chi connectivity index (χ1) is 15.9. The SMILES string of the molecule is CCCC(=O)N(C=O)OC(=O)COCCOCCNC(=O)COCCOCCNC(=O)CC. The van der Waals surface area contributed by atoms with Gasteiger partial charge in [-0.2, -0.15) is 0 Å². The maximum Gasteiger partial charge on any atom is 0.358 e. The number of amides is 4. The molecule has 0 atom stereocenters. The average Bonchev–Trinajstić information content (AvgIpc) is 2.80. The van der Waals surface area contributed by atoms with Gasteiger partial charge in [0.25, 0.3) is 12.3 Å². The highest BCUT2D eigenvalue weighted by Crippen LogP contribution is 1.97. The van der Waals surface area contributed by atoms with E-state index in [0.717, 1.165) is 0 Å². The first kappa shape index (κ1) is 30.4. The van der Waals surface area contributed by atoms with Crippen molar-refractivity contribution in [1.29, 1.82) is 0 Å². The highest BCUT2D eigenvalue weighted by atomic mass is 16.7. The molecule has 0 saturated carbocycles. The van der Waals surface area contributed by atoms with Gasteiger partial charge in [-0.3, -0.25) is 19.2 Å². The first-order valence-corrected chi connectivity index (χ1v) is 10.8. The van der Waals surface area contributed by atoms with Crippen LogP contribution < -0.4 is 10.6 Å². The van der Waals surface area contributed by atoms with E-state index in [1.807, 2.05) is 0 Å². The molecule has 0 aromatic rings. The van der Waals surface area contributed by atoms with Gasteiger partial charge >= 0.3 is 5.97 Å². The quantitative estimate of drug-likeness (QED) is 0.126. The average molecular weight is 478 g/mol. The zero-order valence-corrected chi connectivity index (χ0v) is 19.3. The van der Waals surface area contributed by atoms with Gasteiger partial charge in [-0.25, -0.2) is 4.79 Å². The largest absolute Gasteiger partial charge is 0.377 e. The van der Waals surface area contributed by atoms with Gasteiger partial charge in [0.2, 0.25) is 11.8 Å². The molecule has 190 valence electrons. The first-order valence-electron chi connectivity index (χ1n) is 10.8. The molecule has 0 aromatic carbocycles.